The average Bonchev–Trinajstić information content (AvgIpc) is 3.86. The van der Waals surface area contributed by atoms with E-state index in [0.29, 0.717) is 17.2 Å². The van der Waals surface area contributed by atoms with Crippen molar-refractivity contribution in [1.29, 1.82) is 0 Å². The van der Waals surface area contributed by atoms with Crippen molar-refractivity contribution in [2.45, 2.75) is 6.92 Å². The Morgan fingerprint density at radius 2 is 1.49 bits per heavy atom. The fourth-order valence-electron chi connectivity index (χ4n) is 6.62. The van der Waals surface area contributed by atoms with Crippen LogP contribution in [-0.4, -0.2) is 26.0 Å². The quantitative estimate of drug-likeness (QED) is 0.126. The number of pyridine rings is 1. The van der Waals surface area contributed by atoms with E-state index in [1.165, 1.54) is 17.8 Å². The Labute approximate surface area is 303 Å². The summed E-state index contributed by atoms with van der Waals surface area (Å²) in [6, 6.07) is 47.7. The van der Waals surface area contributed by atoms with Crippen molar-refractivity contribution < 1.29 is 29.3 Å². The topological polar surface area (TPSA) is 38.5 Å². The van der Waals surface area contributed by atoms with Crippen molar-refractivity contribution in [1.82, 2.24) is 19.0 Å². The zero-order chi connectivity index (χ0) is 34.7. The molecule has 0 fully saturated rings. The molecular formula is C42H30N5OPd-3. The molecule has 0 atom stereocenters. The molecule has 1 aliphatic rings. The first-order chi connectivity index (χ1) is 24.8. The summed E-state index contributed by atoms with van der Waals surface area (Å²) in [6.45, 7) is 1.36. The van der Waals surface area contributed by atoms with Gasteiger partial charge in [-0.1, -0.05) is 77.6 Å². The van der Waals surface area contributed by atoms with Crippen LogP contribution in [0, 0.1) is 25.7 Å². The molecule has 0 spiro atoms. The minimum absolute atomic E-state index is 0. The molecule has 3 aromatic heterocycles. The molecule has 4 heterocycles. The van der Waals surface area contributed by atoms with Gasteiger partial charge in [0.25, 0.3) is 0 Å². The Bertz CT molecular complexity index is 2620. The number of rotatable bonds is 6. The summed E-state index contributed by atoms with van der Waals surface area (Å²) in [4.78, 5) is 7.95. The van der Waals surface area contributed by atoms with Gasteiger partial charge in [-0.15, -0.1) is 36.0 Å². The molecule has 0 amide bonds. The molecular weight excluding hydrogens is 697 g/mol. The largest absolute Gasteiger partial charge is 0.510 e. The molecule has 0 radical (unpaired) electrons. The van der Waals surface area contributed by atoms with Gasteiger partial charge in [-0.3, -0.25) is 0 Å². The average molecular weight is 730 g/mol. The van der Waals surface area contributed by atoms with Crippen LogP contribution in [-0.2, 0) is 20.4 Å². The van der Waals surface area contributed by atoms with E-state index in [1.807, 2.05) is 54.7 Å². The number of hydrogen-bond donors (Lipinski definition) is 0. The first-order valence-corrected chi connectivity index (χ1v) is 15.7. The van der Waals surface area contributed by atoms with Crippen molar-refractivity contribution >= 4 is 38.5 Å². The fraction of sp³-hybridized carbons (Fsp3) is 0.0476. The van der Waals surface area contributed by atoms with Crippen LogP contribution in [0.3, 0.4) is 0 Å². The second-order valence-electron chi connectivity index (χ2n) is 11.8. The monoisotopic (exact) mass is 729 g/mol. The standard InChI is InChI=1S/C42H30N5O.Pd/c1-29-24-40(43-27-37(29)30-12-5-3-6-13-30)47-39-26-34(48-33-17-11-16-32(25-33)45-23-22-44(2)28-45)20-21-36(39)41-42(47)35-18-9-10-19-38(35)46(41)31-14-7-4-8-15-31;/h3-24,27-28H,1-2H3;/q-3;/i2D3;. The second kappa shape index (κ2) is 12.4. The number of para-hydroxylation sites is 2. The third kappa shape index (κ3) is 5.29. The van der Waals surface area contributed by atoms with Crippen LogP contribution in [0.15, 0.2) is 140 Å². The van der Waals surface area contributed by atoms with Crippen LogP contribution in [0.25, 0.3) is 55.5 Å². The Morgan fingerprint density at radius 3 is 2.29 bits per heavy atom. The predicted octanol–water partition coefficient (Wildman–Crippen LogP) is 9.83. The maximum Gasteiger partial charge on any atom is 0.135 e. The SMILES string of the molecule is [2H]C([2H])([2H])N1C=CN(c2[c-]c(Oc3[c-]c4c(cc3)c3c(c5ccccc5n3-c3ccccc3)n4-c3cc(C)c(-c4ccccc4)cn3)ccc2)[CH-]1.[Pd]. The maximum atomic E-state index is 7.72. The summed E-state index contributed by atoms with van der Waals surface area (Å²) in [6.07, 6.45) is 5.15. The molecule has 1 aliphatic heterocycles. The van der Waals surface area contributed by atoms with Crippen LogP contribution in [0.1, 0.15) is 9.68 Å². The Kier molecular flexibility index (Phi) is 6.95. The minimum Gasteiger partial charge on any atom is -0.510 e. The summed E-state index contributed by atoms with van der Waals surface area (Å²) in [5.74, 6) is 1.76. The molecule has 49 heavy (non-hydrogen) atoms. The normalized spacial score (nSPS) is 13.9. The molecule has 9 rings (SSSR count). The summed E-state index contributed by atoms with van der Waals surface area (Å²) in [5.41, 5.74) is 9.01. The number of hydrogen-bond acceptors (Lipinski definition) is 4. The Morgan fingerprint density at radius 1 is 0.735 bits per heavy atom. The third-order valence-corrected chi connectivity index (χ3v) is 8.76. The van der Waals surface area contributed by atoms with Gasteiger partial charge in [-0.25, -0.2) is 4.98 Å². The van der Waals surface area contributed by atoms with Gasteiger partial charge in [-0.05, 0) is 61.7 Å². The number of nitrogens with zero attached hydrogens (tertiary/aromatic N) is 5. The van der Waals surface area contributed by atoms with Crippen molar-refractivity contribution in [3.63, 3.8) is 0 Å². The smallest absolute Gasteiger partial charge is 0.135 e. The van der Waals surface area contributed by atoms with Gasteiger partial charge >= 0.3 is 0 Å². The molecule has 6 nitrogen and oxygen atoms in total. The van der Waals surface area contributed by atoms with Gasteiger partial charge in [0.05, 0.1) is 11.0 Å². The number of aryl methyl sites for hydroxylation is 1. The molecule has 242 valence electrons. The summed E-state index contributed by atoms with van der Waals surface area (Å²) >= 11 is 0. The van der Waals surface area contributed by atoms with Crippen molar-refractivity contribution in [2.75, 3.05) is 11.9 Å². The summed E-state index contributed by atoms with van der Waals surface area (Å²) in [5, 5.41) is 2.10. The van der Waals surface area contributed by atoms with E-state index in [9.17, 15) is 0 Å². The molecule has 5 aromatic carbocycles. The number of ether oxygens (including phenoxy) is 1. The zero-order valence-electron chi connectivity index (χ0n) is 29.3. The second-order valence-corrected chi connectivity index (χ2v) is 11.8. The van der Waals surface area contributed by atoms with E-state index in [1.54, 1.807) is 11.1 Å². The molecule has 0 unspecified atom stereocenters. The Hall–Kier alpha value is -5.61. The third-order valence-electron chi connectivity index (χ3n) is 8.76. The van der Waals surface area contributed by atoms with E-state index in [0.717, 1.165) is 61.0 Å². The van der Waals surface area contributed by atoms with E-state index < -0.39 is 6.98 Å². The van der Waals surface area contributed by atoms with E-state index in [-0.39, 0.29) is 20.4 Å². The van der Waals surface area contributed by atoms with Gasteiger partial charge in [0, 0.05) is 64.4 Å². The summed E-state index contributed by atoms with van der Waals surface area (Å²) < 4.78 is 34.1. The van der Waals surface area contributed by atoms with E-state index in [2.05, 4.69) is 101 Å². The number of aromatic nitrogens is 3. The van der Waals surface area contributed by atoms with Crippen molar-refractivity contribution in [3.05, 3.63) is 164 Å². The number of anilines is 1. The van der Waals surface area contributed by atoms with Crippen LogP contribution in [0.2, 0.25) is 0 Å². The number of fused-ring (bicyclic) bond motifs is 5. The Balaban J connectivity index is 0.00000387. The van der Waals surface area contributed by atoms with Gasteiger partial charge in [0.1, 0.15) is 5.82 Å². The molecule has 0 N–H and O–H groups in total. The first-order valence-electron chi connectivity index (χ1n) is 17.2. The number of benzene rings is 5. The van der Waals surface area contributed by atoms with Crippen LogP contribution in [0.5, 0.6) is 11.5 Å². The molecule has 8 aromatic rings. The van der Waals surface area contributed by atoms with E-state index >= 15 is 0 Å². The van der Waals surface area contributed by atoms with Crippen LogP contribution < -0.4 is 9.64 Å². The van der Waals surface area contributed by atoms with E-state index in [4.69, 9.17) is 13.8 Å². The van der Waals surface area contributed by atoms with Gasteiger partial charge in [-0.2, -0.15) is 18.8 Å². The molecule has 7 heteroatoms. The molecule has 0 saturated heterocycles. The van der Waals surface area contributed by atoms with Gasteiger partial charge in [0.15, 0.2) is 0 Å². The fourth-order valence-corrected chi connectivity index (χ4v) is 6.62. The zero-order valence-corrected chi connectivity index (χ0v) is 27.9. The van der Waals surface area contributed by atoms with Crippen LogP contribution in [0.4, 0.5) is 5.69 Å². The predicted molar refractivity (Wildman–Crippen MR) is 193 cm³/mol. The maximum absolute atomic E-state index is 7.72. The van der Waals surface area contributed by atoms with Gasteiger partial charge < -0.3 is 23.7 Å². The van der Waals surface area contributed by atoms with Crippen molar-refractivity contribution in [2.24, 2.45) is 0 Å². The van der Waals surface area contributed by atoms with Crippen molar-refractivity contribution in [3.8, 4) is 34.1 Å². The minimum atomic E-state index is -2.27. The van der Waals surface area contributed by atoms with Crippen LogP contribution >= 0.6 is 0 Å². The molecule has 0 aliphatic carbocycles. The molecule has 0 saturated carbocycles. The van der Waals surface area contributed by atoms with Gasteiger partial charge in [0.2, 0.25) is 0 Å². The first kappa shape index (κ1) is 27.4. The molecule has 0 bridgehead atoms. The summed E-state index contributed by atoms with van der Waals surface area (Å²) in [7, 11) is 0.